The minimum absolute atomic E-state index is 0.203. The van der Waals surface area contributed by atoms with Crippen molar-refractivity contribution in [3.63, 3.8) is 0 Å². The van der Waals surface area contributed by atoms with Gasteiger partial charge in [0.25, 0.3) is 0 Å². The van der Waals surface area contributed by atoms with Gasteiger partial charge in [0.1, 0.15) is 0 Å². The standard InChI is InChI=1S/C18H21BrClN/c1-4-9-21-18(14-5-7-15(19)8-6-14)16-10-13(3)17(20)11-12(16)2/h5-8,10-11,18,21H,4,9H2,1-3H3. The summed E-state index contributed by atoms with van der Waals surface area (Å²) in [5.74, 6) is 0. The summed E-state index contributed by atoms with van der Waals surface area (Å²) in [6.07, 6.45) is 1.11. The fraction of sp³-hybridized carbons (Fsp3) is 0.333. The Morgan fingerprint density at radius 3 is 2.38 bits per heavy atom. The SMILES string of the molecule is CCCNC(c1ccc(Br)cc1)c1cc(C)c(Cl)cc1C. The largest absolute Gasteiger partial charge is 0.306 e. The molecule has 2 aromatic rings. The Bertz CT molecular complexity index is 607. The zero-order chi connectivity index (χ0) is 15.4. The van der Waals surface area contributed by atoms with Crippen molar-refractivity contribution < 1.29 is 0 Å². The smallest absolute Gasteiger partial charge is 0.0579 e. The molecular formula is C18H21BrClN. The fourth-order valence-electron chi connectivity index (χ4n) is 2.47. The first-order chi connectivity index (χ1) is 10.0. The third kappa shape index (κ3) is 4.09. The average Bonchev–Trinajstić information content (AvgIpc) is 2.46. The topological polar surface area (TPSA) is 12.0 Å². The first-order valence-corrected chi connectivity index (χ1v) is 8.45. The Balaban J connectivity index is 2.45. The molecule has 0 saturated heterocycles. The van der Waals surface area contributed by atoms with E-state index >= 15 is 0 Å². The van der Waals surface area contributed by atoms with Crippen LogP contribution in [-0.2, 0) is 0 Å². The molecule has 21 heavy (non-hydrogen) atoms. The molecule has 2 aromatic carbocycles. The maximum atomic E-state index is 6.24. The van der Waals surface area contributed by atoms with Gasteiger partial charge in [0.05, 0.1) is 6.04 Å². The molecule has 1 N–H and O–H groups in total. The van der Waals surface area contributed by atoms with Gasteiger partial charge in [-0.3, -0.25) is 0 Å². The van der Waals surface area contributed by atoms with Gasteiger partial charge in [-0.15, -0.1) is 0 Å². The first kappa shape index (κ1) is 16.5. The van der Waals surface area contributed by atoms with Crippen LogP contribution in [0.25, 0.3) is 0 Å². The van der Waals surface area contributed by atoms with Crippen LogP contribution < -0.4 is 5.32 Å². The first-order valence-electron chi connectivity index (χ1n) is 7.28. The molecule has 0 heterocycles. The summed E-state index contributed by atoms with van der Waals surface area (Å²) < 4.78 is 1.10. The molecule has 0 radical (unpaired) electrons. The molecule has 0 spiro atoms. The lowest BCUT2D eigenvalue weighted by Gasteiger charge is -2.22. The molecule has 1 unspecified atom stereocenters. The van der Waals surface area contributed by atoms with Crippen LogP contribution in [0.5, 0.6) is 0 Å². The molecule has 0 aliphatic rings. The van der Waals surface area contributed by atoms with Gasteiger partial charge in [0.15, 0.2) is 0 Å². The van der Waals surface area contributed by atoms with Crippen LogP contribution in [0, 0.1) is 13.8 Å². The van der Waals surface area contributed by atoms with Crippen molar-refractivity contribution in [1.82, 2.24) is 5.32 Å². The Labute approximate surface area is 140 Å². The number of halogens is 2. The van der Waals surface area contributed by atoms with E-state index < -0.39 is 0 Å². The molecule has 0 aromatic heterocycles. The maximum absolute atomic E-state index is 6.24. The second-order valence-electron chi connectivity index (χ2n) is 5.40. The van der Waals surface area contributed by atoms with E-state index in [0.29, 0.717) is 0 Å². The van der Waals surface area contributed by atoms with Crippen LogP contribution >= 0.6 is 27.5 Å². The van der Waals surface area contributed by atoms with Crippen LogP contribution in [0.1, 0.15) is 41.6 Å². The molecule has 1 nitrogen and oxygen atoms in total. The molecule has 0 saturated carbocycles. The quantitative estimate of drug-likeness (QED) is 0.704. The Hall–Kier alpha value is -0.830. The van der Waals surface area contributed by atoms with Gasteiger partial charge in [-0.2, -0.15) is 0 Å². The molecular weight excluding hydrogens is 346 g/mol. The number of hydrogen-bond donors (Lipinski definition) is 1. The van der Waals surface area contributed by atoms with Gasteiger partial charge in [0.2, 0.25) is 0 Å². The number of benzene rings is 2. The minimum atomic E-state index is 0.203. The number of hydrogen-bond acceptors (Lipinski definition) is 1. The summed E-state index contributed by atoms with van der Waals surface area (Å²) >= 11 is 9.74. The summed E-state index contributed by atoms with van der Waals surface area (Å²) in [5, 5.41) is 4.49. The van der Waals surface area contributed by atoms with Gasteiger partial charge in [-0.25, -0.2) is 0 Å². The molecule has 3 heteroatoms. The zero-order valence-corrected chi connectivity index (χ0v) is 15.1. The van der Waals surface area contributed by atoms with E-state index in [2.05, 4.69) is 78.4 Å². The van der Waals surface area contributed by atoms with E-state index in [1.54, 1.807) is 0 Å². The fourth-order valence-corrected chi connectivity index (χ4v) is 2.95. The van der Waals surface area contributed by atoms with E-state index in [1.807, 2.05) is 0 Å². The second kappa shape index (κ2) is 7.44. The predicted molar refractivity (Wildman–Crippen MR) is 95.2 cm³/mol. The Kier molecular flexibility index (Phi) is 5.86. The molecule has 0 aliphatic carbocycles. The van der Waals surface area contributed by atoms with Crippen LogP contribution in [0.15, 0.2) is 40.9 Å². The van der Waals surface area contributed by atoms with Crippen LogP contribution in [-0.4, -0.2) is 6.54 Å². The number of rotatable bonds is 5. The Morgan fingerprint density at radius 2 is 1.76 bits per heavy atom. The normalized spacial score (nSPS) is 12.4. The highest BCUT2D eigenvalue weighted by molar-refractivity contribution is 9.10. The van der Waals surface area contributed by atoms with E-state index in [0.717, 1.165) is 28.0 Å². The summed E-state index contributed by atoms with van der Waals surface area (Å²) in [7, 11) is 0. The van der Waals surface area contributed by atoms with Gasteiger partial charge < -0.3 is 5.32 Å². The highest BCUT2D eigenvalue weighted by atomic mass is 79.9. The van der Waals surface area contributed by atoms with Crippen molar-refractivity contribution in [2.24, 2.45) is 0 Å². The molecule has 0 amide bonds. The molecule has 1 atom stereocenters. The lowest BCUT2D eigenvalue weighted by Crippen LogP contribution is -2.24. The second-order valence-corrected chi connectivity index (χ2v) is 6.72. The van der Waals surface area contributed by atoms with Crippen molar-refractivity contribution in [1.29, 1.82) is 0 Å². The molecule has 0 bridgehead atoms. The minimum Gasteiger partial charge on any atom is -0.306 e. The lowest BCUT2D eigenvalue weighted by atomic mass is 9.93. The van der Waals surface area contributed by atoms with Crippen LogP contribution in [0.3, 0.4) is 0 Å². The zero-order valence-electron chi connectivity index (χ0n) is 12.7. The van der Waals surface area contributed by atoms with Gasteiger partial charge >= 0.3 is 0 Å². The molecule has 0 aliphatic heterocycles. The van der Waals surface area contributed by atoms with E-state index in [4.69, 9.17) is 11.6 Å². The van der Waals surface area contributed by atoms with Crippen molar-refractivity contribution in [3.8, 4) is 0 Å². The monoisotopic (exact) mass is 365 g/mol. The summed E-state index contributed by atoms with van der Waals surface area (Å²) in [5.41, 5.74) is 4.92. The van der Waals surface area contributed by atoms with E-state index in [1.165, 1.54) is 16.7 Å². The van der Waals surface area contributed by atoms with Crippen molar-refractivity contribution in [2.45, 2.75) is 33.2 Å². The molecule has 2 rings (SSSR count). The van der Waals surface area contributed by atoms with Crippen molar-refractivity contribution >= 4 is 27.5 Å². The highest BCUT2D eigenvalue weighted by Gasteiger charge is 2.16. The number of nitrogens with one attached hydrogen (secondary N) is 1. The van der Waals surface area contributed by atoms with Gasteiger partial charge in [-0.1, -0.05) is 52.7 Å². The molecule has 112 valence electrons. The van der Waals surface area contributed by atoms with Gasteiger partial charge in [0, 0.05) is 9.50 Å². The summed E-state index contributed by atoms with van der Waals surface area (Å²) in [6.45, 7) is 7.36. The lowest BCUT2D eigenvalue weighted by molar-refractivity contribution is 0.596. The number of aryl methyl sites for hydroxylation is 2. The third-order valence-electron chi connectivity index (χ3n) is 3.66. The van der Waals surface area contributed by atoms with E-state index in [9.17, 15) is 0 Å². The predicted octanol–water partition coefficient (Wildman–Crippen LogP) is 5.81. The average molecular weight is 367 g/mol. The summed E-state index contributed by atoms with van der Waals surface area (Å²) in [6, 6.07) is 13.0. The summed E-state index contributed by atoms with van der Waals surface area (Å²) in [4.78, 5) is 0. The van der Waals surface area contributed by atoms with Gasteiger partial charge in [-0.05, 0) is 67.3 Å². The van der Waals surface area contributed by atoms with Crippen LogP contribution in [0.4, 0.5) is 0 Å². The highest BCUT2D eigenvalue weighted by Crippen LogP contribution is 2.30. The molecule has 0 fully saturated rings. The van der Waals surface area contributed by atoms with Crippen LogP contribution in [0.2, 0.25) is 5.02 Å². The van der Waals surface area contributed by atoms with Crippen molar-refractivity contribution in [3.05, 3.63) is 68.1 Å². The Morgan fingerprint density at radius 1 is 1.10 bits per heavy atom. The van der Waals surface area contributed by atoms with Crippen molar-refractivity contribution in [2.75, 3.05) is 6.54 Å². The maximum Gasteiger partial charge on any atom is 0.0579 e. The third-order valence-corrected chi connectivity index (χ3v) is 4.60. The van der Waals surface area contributed by atoms with E-state index in [-0.39, 0.29) is 6.04 Å².